The average Bonchev–Trinajstić information content (AvgIpc) is 3.22. The number of halogens is 1. The van der Waals surface area contributed by atoms with E-state index in [1.807, 2.05) is 12.1 Å². The second-order valence-corrected chi connectivity index (χ2v) is 8.76. The molecule has 3 aromatic carbocycles. The van der Waals surface area contributed by atoms with E-state index < -0.39 is 5.25 Å². The van der Waals surface area contributed by atoms with Crippen LogP contribution in [0.2, 0.25) is 0 Å². The number of aromatic nitrogens is 3. The number of thioether (sulfide) groups is 1. The topological polar surface area (TPSA) is 107 Å². The van der Waals surface area contributed by atoms with Gasteiger partial charge < -0.3 is 4.74 Å². The van der Waals surface area contributed by atoms with Crippen LogP contribution < -0.4 is 4.74 Å². The van der Waals surface area contributed by atoms with Crippen LogP contribution in [-0.4, -0.2) is 26.2 Å². The summed E-state index contributed by atoms with van der Waals surface area (Å²) in [6.07, 6.45) is 0. The third-order valence-electron chi connectivity index (χ3n) is 5.23. The van der Waals surface area contributed by atoms with Gasteiger partial charge in [0.25, 0.3) is 0 Å². The van der Waals surface area contributed by atoms with Crippen molar-refractivity contribution in [2.75, 3.05) is 6.54 Å². The smallest absolute Gasteiger partial charge is 0.220 e. The van der Waals surface area contributed by atoms with Crippen molar-refractivity contribution in [3.8, 4) is 17.5 Å². The van der Waals surface area contributed by atoms with Gasteiger partial charge in [0.05, 0.1) is 11.6 Å². The van der Waals surface area contributed by atoms with Crippen LogP contribution in [0.5, 0.6) is 5.75 Å². The molecule has 0 saturated heterocycles. The summed E-state index contributed by atoms with van der Waals surface area (Å²) in [6.45, 7) is 1.67. The van der Waals surface area contributed by atoms with Gasteiger partial charge >= 0.3 is 0 Å². The van der Waals surface area contributed by atoms with E-state index in [1.54, 1.807) is 60.0 Å². The fourth-order valence-electron chi connectivity index (χ4n) is 3.48. The molecule has 0 amide bonds. The maximum absolute atomic E-state index is 13.4. The molecular weight excluding hydrogens is 469 g/mol. The minimum absolute atomic E-state index is 0.232. The minimum atomic E-state index is -0.541. The van der Waals surface area contributed by atoms with Gasteiger partial charge in [0.1, 0.15) is 29.2 Å². The maximum atomic E-state index is 13.4. The molecule has 4 rings (SSSR count). The van der Waals surface area contributed by atoms with Crippen molar-refractivity contribution in [1.82, 2.24) is 14.8 Å². The summed E-state index contributed by atoms with van der Waals surface area (Å²) in [5, 5.41) is 28.9. The van der Waals surface area contributed by atoms with Crippen LogP contribution in [0.4, 0.5) is 4.39 Å². The van der Waals surface area contributed by atoms with E-state index in [1.165, 1.54) is 23.9 Å². The minimum Gasteiger partial charge on any atom is -0.489 e. The standard InChI is InChI=1S/C25H20FN5O3S/c1-17-28-29-25(31(17)22-10-8-21(26)9-11-22)35-24(15-30(32)33)18-6-12-23(13-7-18)34-16-20-5-3-2-4-19(20)14-27/h2-13,24H,15-16H2,1H3/t24-/m1/s1. The Labute approximate surface area is 205 Å². The molecule has 4 aromatic rings. The van der Waals surface area contributed by atoms with Crippen molar-refractivity contribution in [3.63, 3.8) is 0 Å². The first kappa shape index (κ1) is 23.9. The number of hydrogen-bond acceptors (Lipinski definition) is 7. The Balaban J connectivity index is 1.53. The Morgan fingerprint density at radius 1 is 1.11 bits per heavy atom. The highest BCUT2D eigenvalue weighted by atomic mass is 32.2. The number of aryl methyl sites for hydroxylation is 1. The number of hydrogen-bond donors (Lipinski definition) is 0. The molecule has 0 fully saturated rings. The van der Waals surface area contributed by atoms with Gasteiger partial charge in [0.15, 0.2) is 5.16 Å². The highest BCUT2D eigenvalue weighted by Gasteiger charge is 2.24. The number of rotatable bonds is 9. The monoisotopic (exact) mass is 489 g/mol. The second-order valence-electron chi connectivity index (χ2n) is 7.59. The van der Waals surface area contributed by atoms with Crippen molar-refractivity contribution in [3.05, 3.63) is 111 Å². The molecule has 10 heteroatoms. The first-order valence-corrected chi connectivity index (χ1v) is 11.5. The van der Waals surface area contributed by atoms with Crippen molar-refractivity contribution in [2.24, 2.45) is 0 Å². The molecule has 0 aliphatic rings. The summed E-state index contributed by atoms with van der Waals surface area (Å²) in [5.74, 6) is 0.801. The summed E-state index contributed by atoms with van der Waals surface area (Å²) in [5.41, 5.74) is 2.71. The van der Waals surface area contributed by atoms with Crippen molar-refractivity contribution >= 4 is 11.8 Å². The number of ether oxygens (including phenoxy) is 1. The highest BCUT2D eigenvalue weighted by molar-refractivity contribution is 7.99. The summed E-state index contributed by atoms with van der Waals surface area (Å²) in [4.78, 5) is 11.0. The van der Waals surface area contributed by atoms with Gasteiger partial charge in [-0.25, -0.2) is 4.39 Å². The molecule has 176 valence electrons. The SMILES string of the molecule is Cc1nnc(S[C@H](C[N+](=O)[O-])c2ccc(OCc3ccccc3C#N)cc2)n1-c1ccc(F)cc1. The van der Waals surface area contributed by atoms with Gasteiger partial charge in [-0.1, -0.05) is 42.1 Å². The predicted octanol–water partition coefficient (Wildman–Crippen LogP) is 5.28. The van der Waals surface area contributed by atoms with E-state index in [9.17, 15) is 19.8 Å². The van der Waals surface area contributed by atoms with Gasteiger partial charge in [-0.3, -0.25) is 14.7 Å². The van der Waals surface area contributed by atoms with Crippen LogP contribution in [0.1, 0.15) is 27.8 Å². The quantitative estimate of drug-likeness (QED) is 0.179. The zero-order valence-electron chi connectivity index (χ0n) is 18.7. The lowest BCUT2D eigenvalue weighted by Gasteiger charge is -2.15. The number of nitrogens with zero attached hydrogens (tertiary/aromatic N) is 5. The fraction of sp³-hybridized carbons (Fsp3) is 0.160. The van der Waals surface area contributed by atoms with Crippen LogP contribution in [0.15, 0.2) is 78.0 Å². The predicted molar refractivity (Wildman–Crippen MR) is 128 cm³/mol. The molecule has 0 aliphatic carbocycles. The third-order valence-corrected chi connectivity index (χ3v) is 6.41. The molecule has 1 heterocycles. The van der Waals surface area contributed by atoms with Crippen molar-refractivity contribution in [2.45, 2.75) is 23.9 Å². The molecule has 1 atom stereocenters. The van der Waals surface area contributed by atoms with E-state index in [4.69, 9.17) is 4.74 Å². The van der Waals surface area contributed by atoms with E-state index in [0.29, 0.717) is 28.0 Å². The Hall–Kier alpha value is -4.23. The van der Waals surface area contributed by atoms with Gasteiger partial charge in [-0.2, -0.15) is 5.26 Å². The highest BCUT2D eigenvalue weighted by Crippen LogP contribution is 2.36. The largest absolute Gasteiger partial charge is 0.489 e. The van der Waals surface area contributed by atoms with E-state index in [0.717, 1.165) is 11.1 Å². The normalized spacial score (nSPS) is 11.6. The van der Waals surface area contributed by atoms with Crippen LogP contribution in [0.3, 0.4) is 0 Å². The molecule has 8 nitrogen and oxygen atoms in total. The summed E-state index contributed by atoms with van der Waals surface area (Å²) < 4.78 is 20.9. The molecule has 0 bridgehead atoms. The first-order chi connectivity index (χ1) is 16.9. The third kappa shape index (κ3) is 5.83. The molecule has 0 N–H and O–H groups in total. The zero-order valence-corrected chi connectivity index (χ0v) is 19.5. The molecule has 0 unspecified atom stereocenters. The maximum Gasteiger partial charge on any atom is 0.220 e. The fourth-order valence-corrected chi connectivity index (χ4v) is 4.65. The van der Waals surface area contributed by atoms with Gasteiger partial charge in [0.2, 0.25) is 6.54 Å². The van der Waals surface area contributed by atoms with Crippen molar-refractivity contribution < 1.29 is 14.1 Å². The second kappa shape index (κ2) is 10.8. The van der Waals surface area contributed by atoms with Crippen LogP contribution in [-0.2, 0) is 6.61 Å². The summed E-state index contributed by atoms with van der Waals surface area (Å²) in [6, 6.07) is 22.3. The Morgan fingerprint density at radius 3 is 2.51 bits per heavy atom. The summed E-state index contributed by atoms with van der Waals surface area (Å²) >= 11 is 1.21. The van der Waals surface area contributed by atoms with Crippen molar-refractivity contribution in [1.29, 1.82) is 5.26 Å². The van der Waals surface area contributed by atoms with Gasteiger partial charge in [-0.05, 0) is 55.0 Å². The summed E-state index contributed by atoms with van der Waals surface area (Å²) in [7, 11) is 0. The van der Waals surface area contributed by atoms with Crippen LogP contribution >= 0.6 is 11.8 Å². The first-order valence-electron chi connectivity index (χ1n) is 10.6. The van der Waals surface area contributed by atoms with Crippen LogP contribution in [0, 0.1) is 34.2 Å². The molecule has 0 radical (unpaired) electrons. The molecule has 0 spiro atoms. The van der Waals surface area contributed by atoms with E-state index in [-0.39, 0.29) is 23.9 Å². The lowest BCUT2D eigenvalue weighted by Crippen LogP contribution is -2.11. The Morgan fingerprint density at radius 2 is 1.83 bits per heavy atom. The lowest BCUT2D eigenvalue weighted by atomic mass is 10.1. The number of benzene rings is 3. The zero-order chi connectivity index (χ0) is 24.8. The van der Waals surface area contributed by atoms with E-state index in [2.05, 4.69) is 16.3 Å². The average molecular weight is 490 g/mol. The molecule has 0 aliphatic heterocycles. The molecular formula is C25H20FN5O3S. The van der Waals surface area contributed by atoms with Gasteiger partial charge in [-0.15, -0.1) is 10.2 Å². The molecule has 35 heavy (non-hydrogen) atoms. The Bertz CT molecular complexity index is 1370. The number of nitro groups is 1. The Kier molecular flexibility index (Phi) is 7.38. The number of nitriles is 1. The lowest BCUT2D eigenvalue weighted by molar-refractivity contribution is -0.479. The molecule has 0 saturated carbocycles. The molecule has 1 aromatic heterocycles. The van der Waals surface area contributed by atoms with Gasteiger partial charge in [0, 0.05) is 16.2 Å². The van der Waals surface area contributed by atoms with Crippen LogP contribution in [0.25, 0.3) is 5.69 Å². The van der Waals surface area contributed by atoms with E-state index >= 15 is 0 Å².